The zero-order chi connectivity index (χ0) is 25.4. The molecule has 0 amide bonds. The van der Waals surface area contributed by atoms with Crippen LogP contribution in [0.3, 0.4) is 0 Å². The van der Waals surface area contributed by atoms with Crippen LogP contribution in [0.2, 0.25) is 0 Å². The van der Waals surface area contributed by atoms with Crippen molar-refractivity contribution in [2.24, 2.45) is 22.7 Å². The Kier molecular flexibility index (Phi) is 5.59. The Morgan fingerprint density at radius 1 is 1.30 bits per heavy atom. The highest BCUT2D eigenvalue weighted by molar-refractivity contribution is 7.93. The van der Waals surface area contributed by atoms with Gasteiger partial charge < -0.3 is 29.0 Å². The lowest BCUT2D eigenvalue weighted by molar-refractivity contribution is -0.350. The quantitative estimate of drug-likeness (QED) is 0.405. The van der Waals surface area contributed by atoms with E-state index >= 15 is 0 Å². The van der Waals surface area contributed by atoms with E-state index in [0.717, 1.165) is 12.0 Å². The molecule has 1 saturated heterocycles. The van der Waals surface area contributed by atoms with Crippen molar-refractivity contribution in [3.63, 3.8) is 0 Å². The number of hydrogen-bond donors (Lipinski definition) is 3. The zero-order valence-electron chi connectivity index (χ0n) is 21.1. The van der Waals surface area contributed by atoms with Crippen molar-refractivity contribution in [1.82, 2.24) is 0 Å². The minimum Gasteiger partial charge on any atom is -0.459 e. The van der Waals surface area contributed by atoms with Gasteiger partial charge in [-0.3, -0.25) is 9.59 Å². The summed E-state index contributed by atoms with van der Waals surface area (Å²) in [4.78, 5) is 26.4. The van der Waals surface area contributed by atoms with Crippen molar-refractivity contribution in [2.75, 3.05) is 12.8 Å². The maximum absolute atomic E-state index is 14.0. The van der Waals surface area contributed by atoms with E-state index in [1.54, 1.807) is 27.7 Å². The second-order valence-electron chi connectivity index (χ2n) is 11.1. The van der Waals surface area contributed by atoms with E-state index in [9.17, 15) is 24.9 Å². The molecule has 3 N–H and O–H groups in total. The molecule has 2 unspecified atom stereocenters. The number of carbonyl (C=O) groups is 2. The van der Waals surface area contributed by atoms with Crippen molar-refractivity contribution in [1.29, 1.82) is 0 Å². The Morgan fingerprint density at radius 2 is 1.97 bits per heavy atom. The third kappa shape index (κ3) is 3.09. The Hall–Kier alpha value is -0.970. The fourth-order valence-corrected chi connectivity index (χ4v) is 7.52. The Labute approximate surface area is 200 Å². The zero-order valence-corrected chi connectivity index (χ0v) is 20.9. The molecule has 9 heteroatoms. The third-order valence-corrected chi connectivity index (χ3v) is 9.70. The summed E-state index contributed by atoms with van der Waals surface area (Å²) in [6, 6.07) is 0. The summed E-state index contributed by atoms with van der Waals surface area (Å²) < 4.78 is 24.8. The molecule has 9 atom stereocenters. The number of rotatable bonds is 3. The van der Waals surface area contributed by atoms with E-state index in [4.69, 9.17) is 15.0 Å². The van der Waals surface area contributed by atoms with Gasteiger partial charge in [0.1, 0.15) is 23.4 Å². The summed E-state index contributed by atoms with van der Waals surface area (Å²) in [5.74, 6) is -2.41. The molecule has 0 aromatic carbocycles. The molecule has 4 aliphatic rings. The van der Waals surface area contributed by atoms with Crippen LogP contribution >= 0.6 is 12.0 Å². The predicted molar refractivity (Wildman–Crippen MR) is 121 cm³/mol. The Bertz CT molecular complexity index is 923. The van der Waals surface area contributed by atoms with E-state index in [-0.39, 0.29) is 30.8 Å². The molecule has 0 aromatic rings. The molecule has 1 heterocycles. The van der Waals surface area contributed by atoms with Crippen molar-refractivity contribution in [2.45, 2.75) is 90.0 Å². The van der Waals surface area contributed by atoms with E-state index in [2.05, 4.69) is 0 Å². The van der Waals surface area contributed by atoms with Gasteiger partial charge in [-0.05, 0) is 36.9 Å². The third-order valence-electron chi connectivity index (χ3n) is 9.33. The van der Waals surface area contributed by atoms with Gasteiger partial charge in [-0.2, -0.15) is 0 Å². The molecule has 1 aliphatic heterocycles. The van der Waals surface area contributed by atoms with Gasteiger partial charge in [0, 0.05) is 43.3 Å². The lowest BCUT2D eigenvalue weighted by Gasteiger charge is -2.68. The molecule has 4 rings (SSSR count). The fourth-order valence-electron chi connectivity index (χ4n) is 7.15. The van der Waals surface area contributed by atoms with Gasteiger partial charge in [0.15, 0.2) is 5.78 Å². The first-order chi connectivity index (χ1) is 15.7. The highest BCUT2D eigenvalue weighted by Crippen LogP contribution is 2.64. The minimum atomic E-state index is -1.81. The number of hydrogen-bond acceptors (Lipinski definition) is 9. The second kappa shape index (κ2) is 7.77. The highest BCUT2D eigenvalue weighted by atomic mass is 32.2. The number of fused-ring (bicyclic) bond motifs is 5. The molecular weight excluding hydrogens is 448 g/mol. The van der Waals surface area contributed by atoms with Crippen molar-refractivity contribution >= 4 is 23.8 Å². The van der Waals surface area contributed by atoms with E-state index in [1.807, 2.05) is 6.92 Å². The molecule has 0 spiro atoms. The monoisotopic (exact) mass is 486 g/mol. The van der Waals surface area contributed by atoms with E-state index in [0.29, 0.717) is 12.0 Å². The molecule has 3 aliphatic carbocycles. The maximum atomic E-state index is 14.0. The highest BCUT2D eigenvalue weighted by Gasteiger charge is 2.75. The van der Waals surface area contributed by atoms with Gasteiger partial charge in [-0.25, -0.2) is 0 Å². The molecule has 33 heavy (non-hydrogen) atoms. The average Bonchev–Trinajstić information content (AvgIpc) is 2.74. The summed E-state index contributed by atoms with van der Waals surface area (Å²) >= 11 is 0.889. The molecule has 3 fully saturated rings. The lowest BCUT2D eigenvalue weighted by atomic mass is 9.43. The number of Topliss-reactive ketones (excluding diaryl/α,β-unsaturated/α-hetero) is 1. The molecular formula is C24H36O8S. The molecule has 2 bridgehead atoms. The summed E-state index contributed by atoms with van der Waals surface area (Å²) in [6.07, 6.45) is -3.72. The van der Waals surface area contributed by atoms with Crippen molar-refractivity contribution < 1.29 is 39.9 Å². The molecule has 2 saturated carbocycles. The number of esters is 1. The number of ether oxygens (including phenoxy) is 2. The van der Waals surface area contributed by atoms with Crippen LogP contribution in [-0.4, -0.2) is 75.5 Å². The first kappa shape index (κ1) is 23.8. The van der Waals surface area contributed by atoms with Crippen LogP contribution in [0.1, 0.15) is 55.8 Å². The predicted octanol–water partition coefficient (Wildman–Crippen LogP) is 1.79. The fraction of sp³-hybridized carbons (Fsp3) is 0.833. The van der Waals surface area contributed by atoms with Gasteiger partial charge >= 0.3 is 5.97 Å². The summed E-state index contributed by atoms with van der Waals surface area (Å²) in [5.41, 5.74) is -4.92. The van der Waals surface area contributed by atoms with Crippen LogP contribution in [0.15, 0.2) is 11.1 Å². The number of aliphatic hydroxyl groups is 3. The summed E-state index contributed by atoms with van der Waals surface area (Å²) in [6.45, 7) is 9.98. The summed E-state index contributed by atoms with van der Waals surface area (Å²) in [5, 5.41) is 36.0. The second-order valence-corrected chi connectivity index (χ2v) is 11.5. The Balaban J connectivity index is 2.02. The normalized spacial score (nSPS) is 49.1. The SMILES string of the molecule is [3H]CSO[C@H]1C[C@@]2(O)C(OC(C)=O)C3[C@](C)([C@H](O)C(=O)C(=C1C)C2(C)C)[C@@H](C)C[C@H]1OC[C@@]31O. The van der Waals surface area contributed by atoms with Crippen LogP contribution < -0.4 is 0 Å². The molecule has 186 valence electrons. The smallest absolute Gasteiger partial charge is 0.303 e. The molecule has 0 aromatic heterocycles. The molecule has 0 radical (unpaired) electrons. The van der Waals surface area contributed by atoms with E-state index < -0.39 is 64.1 Å². The van der Waals surface area contributed by atoms with Gasteiger partial charge in [0.05, 0.1) is 18.8 Å². The largest absolute Gasteiger partial charge is 0.459 e. The number of carbonyl (C=O) groups excluding carboxylic acids is 2. The lowest BCUT2D eigenvalue weighted by Crippen LogP contribution is -2.80. The molecule has 8 nitrogen and oxygen atoms in total. The standard InChI is InChI=1S/C24H36O8S/c1-11-8-15-23(28,10-30-15)18-20(31-13(3)25)24(29)9-14(32-33-7)12(2)16(21(24,4)5)17(26)19(27)22(11,18)6/h11,14-15,18-20,27-29H,8-10H2,1-7H3/t11-,14-,15+,18?,19+,20?,22+,23-,24+/m0/s1/i7T. The number of ketones is 1. The van der Waals surface area contributed by atoms with Crippen LogP contribution in [0, 0.1) is 22.7 Å². The maximum Gasteiger partial charge on any atom is 0.303 e. The Morgan fingerprint density at radius 3 is 2.52 bits per heavy atom. The minimum absolute atomic E-state index is 0.00772. The first-order valence-electron chi connectivity index (χ1n) is 12.1. The van der Waals surface area contributed by atoms with Gasteiger partial charge in [-0.1, -0.05) is 27.7 Å². The van der Waals surface area contributed by atoms with Crippen LogP contribution in [-0.2, 0) is 23.2 Å². The summed E-state index contributed by atoms with van der Waals surface area (Å²) in [7, 11) is 0. The topological polar surface area (TPSA) is 123 Å². The van der Waals surface area contributed by atoms with Gasteiger partial charge in [0.2, 0.25) is 0 Å². The van der Waals surface area contributed by atoms with Crippen molar-refractivity contribution in [3.05, 3.63) is 11.1 Å². The first-order valence-corrected chi connectivity index (χ1v) is 12.3. The van der Waals surface area contributed by atoms with Crippen LogP contribution in [0.25, 0.3) is 0 Å². The van der Waals surface area contributed by atoms with Crippen LogP contribution in [0.5, 0.6) is 0 Å². The van der Waals surface area contributed by atoms with Crippen molar-refractivity contribution in [3.8, 4) is 0 Å². The average molecular weight is 487 g/mol. The number of aliphatic hydroxyl groups excluding tert-OH is 1. The van der Waals surface area contributed by atoms with Gasteiger partial charge in [-0.15, -0.1) is 0 Å². The van der Waals surface area contributed by atoms with Gasteiger partial charge in [0.25, 0.3) is 0 Å². The van der Waals surface area contributed by atoms with E-state index in [1.165, 1.54) is 6.92 Å². The van der Waals surface area contributed by atoms with Crippen LogP contribution in [0.4, 0.5) is 0 Å².